The van der Waals surface area contributed by atoms with Gasteiger partial charge in [-0.15, -0.1) is 11.3 Å². The molecular weight excluding hydrogens is 264 g/mol. The maximum atomic E-state index is 11.9. The number of aryl methyl sites for hydroxylation is 1. The zero-order chi connectivity index (χ0) is 13.9. The fourth-order valence-corrected chi connectivity index (χ4v) is 3.10. The van der Waals surface area contributed by atoms with Crippen molar-refractivity contribution in [3.05, 3.63) is 16.1 Å². The highest BCUT2D eigenvalue weighted by atomic mass is 32.1. The summed E-state index contributed by atoms with van der Waals surface area (Å²) in [7, 11) is 0. The largest absolute Gasteiger partial charge is 0.481 e. The Bertz CT molecular complexity index is 478. The average molecular weight is 282 g/mol. The third kappa shape index (κ3) is 3.12. The molecule has 1 heterocycles. The van der Waals surface area contributed by atoms with E-state index in [9.17, 15) is 14.7 Å². The van der Waals surface area contributed by atoms with Gasteiger partial charge in [-0.3, -0.25) is 9.59 Å². The standard InChI is InChI=1S/C13H18N2O3S/c1-9-15-10(7-19-9)11(16)14-8-13(12(17)18)5-3-2-4-6-13/h7H,2-6,8H2,1H3,(H,14,16)(H,17,18). The molecule has 0 atom stereocenters. The van der Waals surface area contributed by atoms with Crippen molar-refractivity contribution < 1.29 is 14.7 Å². The van der Waals surface area contributed by atoms with E-state index in [0.717, 1.165) is 24.3 Å². The number of carboxylic acids is 1. The Balaban J connectivity index is 1.99. The topological polar surface area (TPSA) is 79.3 Å². The number of carbonyl (C=O) groups excluding carboxylic acids is 1. The van der Waals surface area contributed by atoms with Crippen molar-refractivity contribution in [2.45, 2.75) is 39.0 Å². The van der Waals surface area contributed by atoms with Crippen LogP contribution in [0.3, 0.4) is 0 Å². The Labute approximate surface area is 116 Å². The maximum absolute atomic E-state index is 11.9. The molecule has 1 fully saturated rings. The van der Waals surface area contributed by atoms with Crippen LogP contribution in [0.4, 0.5) is 0 Å². The van der Waals surface area contributed by atoms with Gasteiger partial charge in [0.15, 0.2) is 0 Å². The highest BCUT2D eigenvalue weighted by molar-refractivity contribution is 7.09. The van der Waals surface area contributed by atoms with Gasteiger partial charge in [-0.1, -0.05) is 19.3 Å². The zero-order valence-electron chi connectivity index (χ0n) is 10.9. The molecule has 1 aromatic rings. The van der Waals surface area contributed by atoms with E-state index < -0.39 is 11.4 Å². The van der Waals surface area contributed by atoms with Crippen molar-refractivity contribution in [1.29, 1.82) is 0 Å². The van der Waals surface area contributed by atoms with Gasteiger partial charge in [0.2, 0.25) is 0 Å². The zero-order valence-corrected chi connectivity index (χ0v) is 11.8. The number of carbonyl (C=O) groups is 2. The Morgan fingerprint density at radius 2 is 2.11 bits per heavy atom. The van der Waals surface area contributed by atoms with Crippen LogP contribution < -0.4 is 5.32 Å². The van der Waals surface area contributed by atoms with Crippen molar-refractivity contribution in [3.63, 3.8) is 0 Å². The van der Waals surface area contributed by atoms with Crippen LogP contribution in [-0.4, -0.2) is 28.5 Å². The molecule has 5 nitrogen and oxygen atoms in total. The van der Waals surface area contributed by atoms with Crippen LogP contribution in [0.15, 0.2) is 5.38 Å². The summed E-state index contributed by atoms with van der Waals surface area (Å²) in [6.07, 6.45) is 4.18. The van der Waals surface area contributed by atoms with E-state index in [1.165, 1.54) is 11.3 Å². The second kappa shape index (κ2) is 5.69. The minimum Gasteiger partial charge on any atom is -0.481 e. The molecule has 1 amide bonds. The van der Waals surface area contributed by atoms with Gasteiger partial charge in [-0.2, -0.15) is 0 Å². The number of thiazole rings is 1. The predicted molar refractivity (Wildman–Crippen MR) is 72.3 cm³/mol. The van der Waals surface area contributed by atoms with Crippen LogP contribution in [0.2, 0.25) is 0 Å². The van der Waals surface area contributed by atoms with Crippen molar-refractivity contribution >= 4 is 23.2 Å². The number of nitrogens with zero attached hydrogens (tertiary/aromatic N) is 1. The van der Waals surface area contributed by atoms with E-state index in [-0.39, 0.29) is 12.5 Å². The molecule has 0 radical (unpaired) electrons. The molecule has 1 saturated carbocycles. The number of aromatic nitrogens is 1. The first-order valence-electron chi connectivity index (χ1n) is 6.47. The molecule has 0 unspecified atom stereocenters. The molecule has 1 aliphatic rings. The Hall–Kier alpha value is -1.43. The van der Waals surface area contributed by atoms with E-state index >= 15 is 0 Å². The van der Waals surface area contributed by atoms with Gasteiger partial charge < -0.3 is 10.4 Å². The smallest absolute Gasteiger partial charge is 0.311 e. The lowest BCUT2D eigenvalue weighted by atomic mass is 9.74. The Morgan fingerprint density at radius 3 is 2.63 bits per heavy atom. The molecule has 0 spiro atoms. The summed E-state index contributed by atoms with van der Waals surface area (Å²) in [5, 5.41) is 14.7. The van der Waals surface area contributed by atoms with Crippen LogP contribution in [0.25, 0.3) is 0 Å². The Kier molecular flexibility index (Phi) is 4.19. The molecule has 0 aliphatic heterocycles. The van der Waals surface area contributed by atoms with E-state index in [4.69, 9.17) is 0 Å². The monoisotopic (exact) mass is 282 g/mol. The summed E-state index contributed by atoms with van der Waals surface area (Å²) in [6, 6.07) is 0. The molecule has 1 aliphatic carbocycles. The number of aliphatic carboxylic acids is 1. The number of hydrogen-bond acceptors (Lipinski definition) is 4. The first kappa shape index (κ1) is 14.0. The highest BCUT2D eigenvalue weighted by Gasteiger charge is 2.39. The maximum Gasteiger partial charge on any atom is 0.311 e. The van der Waals surface area contributed by atoms with Crippen molar-refractivity contribution in [2.75, 3.05) is 6.54 Å². The summed E-state index contributed by atoms with van der Waals surface area (Å²) in [5.41, 5.74) is -0.419. The second-order valence-electron chi connectivity index (χ2n) is 5.08. The van der Waals surface area contributed by atoms with Gasteiger partial charge in [-0.25, -0.2) is 4.98 Å². The molecule has 0 saturated heterocycles. The summed E-state index contributed by atoms with van der Waals surface area (Å²) < 4.78 is 0. The lowest BCUT2D eigenvalue weighted by Crippen LogP contribution is -2.44. The SMILES string of the molecule is Cc1nc(C(=O)NCC2(C(=O)O)CCCCC2)cs1. The fraction of sp³-hybridized carbons (Fsp3) is 0.615. The molecule has 6 heteroatoms. The van der Waals surface area contributed by atoms with Crippen molar-refractivity contribution in [1.82, 2.24) is 10.3 Å². The van der Waals surface area contributed by atoms with E-state index in [1.807, 2.05) is 6.92 Å². The molecule has 104 valence electrons. The van der Waals surface area contributed by atoms with E-state index in [1.54, 1.807) is 5.38 Å². The third-order valence-corrected chi connectivity index (χ3v) is 4.48. The lowest BCUT2D eigenvalue weighted by molar-refractivity contribution is -0.150. The van der Waals surface area contributed by atoms with Gasteiger partial charge in [0.05, 0.1) is 10.4 Å². The van der Waals surface area contributed by atoms with Crippen molar-refractivity contribution in [2.24, 2.45) is 5.41 Å². The van der Waals surface area contributed by atoms with E-state index in [2.05, 4.69) is 10.3 Å². The molecular formula is C13H18N2O3S. The minimum atomic E-state index is -0.804. The third-order valence-electron chi connectivity index (χ3n) is 3.70. The van der Waals surface area contributed by atoms with Crippen LogP contribution in [-0.2, 0) is 4.79 Å². The van der Waals surface area contributed by atoms with E-state index in [0.29, 0.717) is 18.5 Å². The van der Waals surface area contributed by atoms with Crippen LogP contribution in [0.5, 0.6) is 0 Å². The Morgan fingerprint density at radius 1 is 1.42 bits per heavy atom. The highest BCUT2D eigenvalue weighted by Crippen LogP contribution is 2.36. The van der Waals surface area contributed by atoms with Gasteiger partial charge in [-0.05, 0) is 19.8 Å². The van der Waals surface area contributed by atoms with Gasteiger partial charge in [0, 0.05) is 11.9 Å². The lowest BCUT2D eigenvalue weighted by Gasteiger charge is -2.33. The number of rotatable bonds is 4. The fourth-order valence-electron chi connectivity index (χ4n) is 2.50. The summed E-state index contributed by atoms with van der Waals surface area (Å²) in [4.78, 5) is 27.5. The van der Waals surface area contributed by atoms with Gasteiger partial charge in [0.25, 0.3) is 5.91 Å². The number of nitrogens with one attached hydrogen (secondary N) is 1. The number of hydrogen-bond donors (Lipinski definition) is 2. The minimum absolute atomic E-state index is 0.192. The molecule has 19 heavy (non-hydrogen) atoms. The van der Waals surface area contributed by atoms with Crippen LogP contribution in [0.1, 0.15) is 47.6 Å². The predicted octanol–water partition coefficient (Wildman–Crippen LogP) is 2.22. The summed E-state index contributed by atoms with van der Waals surface area (Å²) in [5.74, 6) is -1.09. The van der Waals surface area contributed by atoms with Crippen molar-refractivity contribution in [3.8, 4) is 0 Å². The second-order valence-corrected chi connectivity index (χ2v) is 6.14. The van der Waals surface area contributed by atoms with Crippen LogP contribution in [0, 0.1) is 12.3 Å². The van der Waals surface area contributed by atoms with Gasteiger partial charge >= 0.3 is 5.97 Å². The molecule has 0 bridgehead atoms. The number of amides is 1. The first-order valence-corrected chi connectivity index (χ1v) is 7.35. The summed E-state index contributed by atoms with van der Waals surface area (Å²) >= 11 is 1.41. The summed E-state index contributed by atoms with van der Waals surface area (Å²) in [6.45, 7) is 2.03. The van der Waals surface area contributed by atoms with Crippen LogP contribution >= 0.6 is 11.3 Å². The molecule has 0 aromatic carbocycles. The number of carboxylic acid groups (broad SMARTS) is 1. The molecule has 1 aromatic heterocycles. The molecule has 2 N–H and O–H groups in total. The quantitative estimate of drug-likeness (QED) is 0.887. The first-order chi connectivity index (χ1) is 9.03. The normalized spacial score (nSPS) is 17.9. The van der Waals surface area contributed by atoms with Gasteiger partial charge in [0.1, 0.15) is 5.69 Å². The molecule has 2 rings (SSSR count). The average Bonchev–Trinajstić information content (AvgIpc) is 2.83.